The third-order valence-corrected chi connectivity index (χ3v) is 4.47. The van der Waals surface area contributed by atoms with Crippen molar-refractivity contribution in [3.05, 3.63) is 59.3 Å². The lowest BCUT2D eigenvalue weighted by atomic mass is 9.95. The van der Waals surface area contributed by atoms with Crippen LogP contribution in [0.15, 0.2) is 30.7 Å². The molecule has 1 aliphatic rings. The van der Waals surface area contributed by atoms with Crippen LogP contribution in [0.3, 0.4) is 0 Å². The fraction of sp³-hybridized carbons (Fsp3) is 0.263. The summed E-state index contributed by atoms with van der Waals surface area (Å²) in [5.41, 5.74) is 2.74. The van der Waals surface area contributed by atoms with Crippen molar-refractivity contribution >= 4 is 5.97 Å². The molecule has 0 spiro atoms. The first kappa shape index (κ1) is 16.4. The van der Waals surface area contributed by atoms with E-state index in [1.807, 2.05) is 25.3 Å². The number of hydrogen-bond donors (Lipinski definition) is 1. The van der Waals surface area contributed by atoms with Crippen LogP contribution < -0.4 is 0 Å². The number of aromatic carboxylic acids is 1. The van der Waals surface area contributed by atoms with Crippen LogP contribution in [0.1, 0.15) is 48.3 Å². The highest BCUT2D eigenvalue weighted by Gasteiger charge is 2.30. The second kappa shape index (κ2) is 5.45. The van der Waals surface area contributed by atoms with E-state index in [1.165, 1.54) is 18.5 Å². The van der Waals surface area contributed by atoms with Crippen molar-refractivity contribution in [1.29, 1.82) is 0 Å². The normalized spacial score (nSPS) is 12.8. The lowest BCUT2D eigenvalue weighted by Gasteiger charge is -2.21. The van der Waals surface area contributed by atoms with Crippen LogP contribution in [0.25, 0.3) is 16.9 Å². The Kier molecular flexibility index (Phi) is 3.44. The molecule has 2 aromatic heterocycles. The average molecular weight is 352 g/mol. The molecule has 0 bridgehead atoms. The molecule has 132 valence electrons. The van der Waals surface area contributed by atoms with Crippen molar-refractivity contribution < 1.29 is 14.3 Å². The van der Waals surface area contributed by atoms with E-state index in [-0.39, 0.29) is 16.9 Å². The van der Waals surface area contributed by atoms with Gasteiger partial charge in [-0.3, -0.25) is 4.57 Å². The maximum absolute atomic E-state index is 14.1. The highest BCUT2D eigenvalue weighted by atomic mass is 19.1. The van der Waals surface area contributed by atoms with E-state index >= 15 is 0 Å². The zero-order valence-corrected chi connectivity index (χ0v) is 14.6. The Morgan fingerprint density at radius 3 is 2.69 bits per heavy atom. The largest absolute Gasteiger partial charge is 0.476 e. The maximum atomic E-state index is 14.1. The number of halogens is 1. The number of carboxylic acids is 1. The van der Waals surface area contributed by atoms with Crippen LogP contribution in [0.5, 0.6) is 0 Å². The maximum Gasteiger partial charge on any atom is 0.354 e. The van der Waals surface area contributed by atoms with Crippen LogP contribution in [0.4, 0.5) is 4.39 Å². The second-order valence-electron chi connectivity index (χ2n) is 7.35. The van der Waals surface area contributed by atoms with Gasteiger partial charge in [-0.15, -0.1) is 0 Å². The third-order valence-electron chi connectivity index (χ3n) is 4.47. The third kappa shape index (κ3) is 2.39. The molecule has 0 aliphatic carbocycles. The minimum Gasteiger partial charge on any atom is -0.476 e. The van der Waals surface area contributed by atoms with Gasteiger partial charge in [0.05, 0.1) is 11.4 Å². The van der Waals surface area contributed by atoms with Crippen LogP contribution >= 0.6 is 0 Å². The molecule has 0 saturated heterocycles. The van der Waals surface area contributed by atoms with Gasteiger partial charge in [0, 0.05) is 34.9 Å². The van der Waals surface area contributed by atoms with Gasteiger partial charge in [0.15, 0.2) is 5.69 Å². The van der Waals surface area contributed by atoms with Crippen molar-refractivity contribution in [3.63, 3.8) is 0 Å². The summed E-state index contributed by atoms with van der Waals surface area (Å²) in [6.45, 7) is 6.09. The van der Waals surface area contributed by atoms with Gasteiger partial charge in [-0.1, -0.05) is 20.8 Å². The molecule has 0 saturated carbocycles. The second-order valence-corrected chi connectivity index (χ2v) is 7.35. The first-order valence-corrected chi connectivity index (χ1v) is 8.22. The lowest BCUT2D eigenvalue weighted by molar-refractivity contribution is 0.0689. The van der Waals surface area contributed by atoms with Gasteiger partial charge in [-0.25, -0.2) is 24.1 Å². The van der Waals surface area contributed by atoms with Gasteiger partial charge in [0.25, 0.3) is 0 Å². The fourth-order valence-electron chi connectivity index (χ4n) is 3.38. The Morgan fingerprint density at radius 1 is 1.23 bits per heavy atom. The molecule has 7 heteroatoms. The number of carboxylic acid groups (broad SMARTS) is 1. The molecule has 0 radical (unpaired) electrons. The van der Waals surface area contributed by atoms with Crippen LogP contribution in [-0.4, -0.2) is 30.6 Å². The molecule has 0 fully saturated rings. The van der Waals surface area contributed by atoms with E-state index in [1.54, 1.807) is 12.3 Å². The number of rotatable bonds is 1. The van der Waals surface area contributed by atoms with Crippen LogP contribution in [0.2, 0.25) is 0 Å². The zero-order chi connectivity index (χ0) is 18.6. The summed E-state index contributed by atoms with van der Waals surface area (Å²) in [5, 5.41) is 9.53. The smallest absolute Gasteiger partial charge is 0.354 e. The summed E-state index contributed by atoms with van der Waals surface area (Å²) in [6, 6.07) is 4.42. The van der Waals surface area contributed by atoms with Gasteiger partial charge in [0.2, 0.25) is 0 Å². The zero-order valence-electron chi connectivity index (χ0n) is 14.6. The molecule has 26 heavy (non-hydrogen) atoms. The number of hydrogen-bond acceptors (Lipinski definition) is 4. The van der Waals surface area contributed by atoms with Crippen molar-refractivity contribution in [3.8, 4) is 16.9 Å². The van der Waals surface area contributed by atoms with E-state index in [2.05, 4.69) is 15.0 Å². The lowest BCUT2D eigenvalue weighted by Crippen LogP contribution is -2.19. The molecule has 1 aromatic carbocycles. The highest BCUT2D eigenvalue weighted by Crippen LogP contribution is 2.38. The molecule has 3 heterocycles. The number of aromatic nitrogens is 4. The molecule has 6 nitrogen and oxygen atoms in total. The minimum atomic E-state index is -1.11. The molecular formula is C19H17FN4O2. The Morgan fingerprint density at radius 2 is 2.00 bits per heavy atom. The van der Waals surface area contributed by atoms with Gasteiger partial charge in [-0.2, -0.15) is 0 Å². The first-order valence-electron chi connectivity index (χ1n) is 8.22. The Bertz CT molecular complexity index is 1050. The topological polar surface area (TPSA) is 80.9 Å². The summed E-state index contributed by atoms with van der Waals surface area (Å²) in [7, 11) is 0. The molecule has 1 N–H and O–H groups in total. The quantitative estimate of drug-likeness (QED) is 0.568. The van der Waals surface area contributed by atoms with E-state index in [0.717, 1.165) is 11.5 Å². The number of fused-ring (bicyclic) bond motifs is 5. The molecule has 0 amide bonds. The minimum absolute atomic E-state index is 0.0442. The predicted molar refractivity (Wildman–Crippen MR) is 93.0 cm³/mol. The highest BCUT2D eigenvalue weighted by molar-refractivity contribution is 5.90. The standard InChI is InChI=1S/C19H17FN4O2/c1-19(2,3)18-21-8-11-7-13-15(22-9-23-16(13)17(25)26)12-5-4-10(20)6-14(12)24(11)18/h4-6,8-9H,7H2,1-3H3,(H,25,26). The SMILES string of the molecule is CC(C)(C)c1ncc2n1-c1cc(F)ccc1-c1ncnc(C(=O)O)c1C2. The van der Waals surface area contributed by atoms with Gasteiger partial charge in [0.1, 0.15) is 18.0 Å². The van der Waals surface area contributed by atoms with Gasteiger partial charge in [-0.05, 0) is 18.2 Å². The van der Waals surface area contributed by atoms with E-state index in [0.29, 0.717) is 28.9 Å². The fourth-order valence-corrected chi connectivity index (χ4v) is 3.38. The van der Waals surface area contributed by atoms with E-state index in [4.69, 9.17) is 0 Å². The Hall–Kier alpha value is -3.09. The van der Waals surface area contributed by atoms with E-state index < -0.39 is 5.97 Å². The van der Waals surface area contributed by atoms with Crippen molar-refractivity contribution in [2.75, 3.05) is 0 Å². The summed E-state index contributed by atoms with van der Waals surface area (Å²) < 4.78 is 16.0. The molecule has 0 atom stereocenters. The molecular weight excluding hydrogens is 335 g/mol. The number of nitrogens with zero attached hydrogens (tertiary/aromatic N) is 4. The van der Waals surface area contributed by atoms with Crippen molar-refractivity contribution in [2.45, 2.75) is 32.6 Å². The monoisotopic (exact) mass is 352 g/mol. The summed E-state index contributed by atoms with van der Waals surface area (Å²) in [6.07, 6.45) is 3.25. The summed E-state index contributed by atoms with van der Waals surface area (Å²) in [4.78, 5) is 24.4. The number of imidazole rings is 1. The number of benzene rings is 1. The Labute approximate surface area is 149 Å². The molecule has 0 unspecified atom stereocenters. The summed E-state index contributed by atoms with van der Waals surface area (Å²) in [5.74, 6) is -0.715. The van der Waals surface area contributed by atoms with E-state index in [9.17, 15) is 14.3 Å². The molecule has 4 rings (SSSR count). The Balaban J connectivity index is 2.12. The van der Waals surface area contributed by atoms with Gasteiger partial charge >= 0.3 is 5.97 Å². The van der Waals surface area contributed by atoms with Gasteiger partial charge < -0.3 is 5.11 Å². The van der Waals surface area contributed by atoms with Crippen molar-refractivity contribution in [1.82, 2.24) is 19.5 Å². The summed E-state index contributed by atoms with van der Waals surface area (Å²) >= 11 is 0. The molecule has 1 aliphatic heterocycles. The molecule has 3 aromatic rings. The van der Waals surface area contributed by atoms with Crippen LogP contribution in [0, 0.1) is 5.82 Å². The van der Waals surface area contributed by atoms with Crippen LogP contribution in [-0.2, 0) is 11.8 Å². The number of carbonyl (C=O) groups is 1. The average Bonchev–Trinajstić information content (AvgIpc) is 2.93. The first-order chi connectivity index (χ1) is 12.3. The van der Waals surface area contributed by atoms with Crippen molar-refractivity contribution in [2.24, 2.45) is 0 Å². The predicted octanol–water partition coefficient (Wildman–Crippen LogP) is 3.37.